The fraction of sp³-hybridized carbons (Fsp3) is 0.357. The van der Waals surface area contributed by atoms with Crippen molar-refractivity contribution in [2.75, 3.05) is 6.61 Å². The highest BCUT2D eigenvalue weighted by Gasteiger charge is 2.20. The molecular weight excluding hydrogens is 265 g/mol. The summed E-state index contributed by atoms with van der Waals surface area (Å²) in [4.78, 5) is 36.9. The molecule has 0 radical (unpaired) electrons. The Labute approximate surface area is 115 Å². The van der Waals surface area contributed by atoms with Gasteiger partial charge < -0.3 is 4.74 Å². The Balaban J connectivity index is 2.65. The Kier molecular flexibility index (Phi) is 6.26. The van der Waals surface area contributed by atoms with Gasteiger partial charge in [0.15, 0.2) is 11.8 Å². The first-order chi connectivity index (χ1) is 9.58. The normalized spacial score (nSPS) is 11.3. The lowest BCUT2D eigenvalue weighted by Gasteiger charge is -2.09. The summed E-state index contributed by atoms with van der Waals surface area (Å²) in [5, 5.41) is 0. The largest absolute Gasteiger partial charge is 0.464 e. The Hall–Kier alpha value is -2.33. The molecule has 0 aliphatic rings. The van der Waals surface area contributed by atoms with Crippen molar-refractivity contribution in [2.24, 2.45) is 4.99 Å². The van der Waals surface area contributed by atoms with Crippen LogP contribution in [0.1, 0.15) is 30.1 Å². The molecule has 0 amide bonds. The van der Waals surface area contributed by atoms with Crippen molar-refractivity contribution in [3.05, 3.63) is 35.6 Å². The number of benzene rings is 1. The third-order valence-corrected chi connectivity index (χ3v) is 2.56. The van der Waals surface area contributed by atoms with Crippen molar-refractivity contribution >= 4 is 17.8 Å². The number of carbonyl (C=O) groups is 2. The molecule has 20 heavy (non-hydrogen) atoms. The highest BCUT2D eigenvalue weighted by molar-refractivity contribution is 5.96. The highest BCUT2D eigenvalue weighted by atomic mass is 19.1. The lowest BCUT2D eigenvalue weighted by Crippen LogP contribution is -2.22. The van der Waals surface area contributed by atoms with E-state index in [4.69, 9.17) is 4.74 Å². The number of nitrogens with zero attached hydrogens (tertiary/aromatic N) is 1. The van der Waals surface area contributed by atoms with Gasteiger partial charge in [-0.25, -0.2) is 14.0 Å². The lowest BCUT2D eigenvalue weighted by molar-refractivity contribution is -0.144. The molecule has 0 spiro atoms. The average Bonchev–Trinajstić information content (AvgIpc) is 2.43. The fourth-order valence-corrected chi connectivity index (χ4v) is 1.61. The third-order valence-electron chi connectivity index (χ3n) is 2.56. The van der Waals surface area contributed by atoms with Crippen molar-refractivity contribution in [3.8, 4) is 0 Å². The standard InChI is InChI=1S/C14H14FNO4/c1-2-20-14(19)12(16-9-17)6-7-13(18)10-4-3-5-11(15)8-10/h3-5,8,12H,2,6-7H2,1H3. The maximum absolute atomic E-state index is 13.0. The summed E-state index contributed by atoms with van der Waals surface area (Å²) in [6.45, 7) is 1.78. The van der Waals surface area contributed by atoms with E-state index in [9.17, 15) is 18.8 Å². The molecule has 0 N–H and O–H groups in total. The molecule has 0 aliphatic heterocycles. The van der Waals surface area contributed by atoms with Gasteiger partial charge in [-0.2, -0.15) is 4.99 Å². The van der Waals surface area contributed by atoms with Crippen LogP contribution in [0.2, 0.25) is 0 Å². The number of aliphatic imine (C=N–C) groups is 1. The molecule has 1 atom stereocenters. The Morgan fingerprint density at radius 2 is 2.20 bits per heavy atom. The van der Waals surface area contributed by atoms with Gasteiger partial charge in [-0.1, -0.05) is 12.1 Å². The third kappa shape index (κ3) is 4.74. The number of rotatable bonds is 7. The molecule has 0 saturated heterocycles. The lowest BCUT2D eigenvalue weighted by atomic mass is 10.0. The molecule has 1 rings (SSSR count). The van der Waals surface area contributed by atoms with E-state index in [0.717, 1.165) is 6.07 Å². The number of ketones is 1. The fourth-order valence-electron chi connectivity index (χ4n) is 1.61. The van der Waals surface area contributed by atoms with Gasteiger partial charge in [0.05, 0.1) is 6.61 Å². The molecule has 106 valence electrons. The Bertz CT molecular complexity index is 538. The van der Waals surface area contributed by atoms with Crippen LogP contribution in [-0.4, -0.2) is 30.5 Å². The minimum atomic E-state index is -1.05. The van der Waals surface area contributed by atoms with E-state index in [1.807, 2.05) is 0 Å². The topological polar surface area (TPSA) is 72.8 Å². The van der Waals surface area contributed by atoms with Gasteiger partial charge in [-0.05, 0) is 25.5 Å². The zero-order valence-electron chi connectivity index (χ0n) is 11.0. The number of hydrogen-bond acceptors (Lipinski definition) is 5. The first kappa shape index (κ1) is 15.7. The van der Waals surface area contributed by atoms with Crippen LogP contribution < -0.4 is 0 Å². The minimum absolute atomic E-state index is 0.0173. The van der Waals surface area contributed by atoms with Crippen molar-refractivity contribution in [1.82, 2.24) is 0 Å². The minimum Gasteiger partial charge on any atom is -0.464 e. The number of hydrogen-bond donors (Lipinski definition) is 0. The number of ether oxygens (including phenoxy) is 1. The van der Waals surface area contributed by atoms with Crippen LogP contribution in [0.25, 0.3) is 0 Å². The molecule has 0 aliphatic carbocycles. The van der Waals surface area contributed by atoms with E-state index < -0.39 is 17.8 Å². The number of esters is 1. The van der Waals surface area contributed by atoms with Gasteiger partial charge in [0.1, 0.15) is 5.82 Å². The molecule has 1 aromatic rings. The molecule has 5 nitrogen and oxygen atoms in total. The molecule has 1 unspecified atom stereocenters. The first-order valence-electron chi connectivity index (χ1n) is 6.10. The summed E-state index contributed by atoms with van der Waals surface area (Å²) in [6.07, 6.45) is 1.26. The molecule has 6 heteroatoms. The molecular formula is C14H14FNO4. The maximum Gasteiger partial charge on any atom is 0.331 e. The van der Waals surface area contributed by atoms with Gasteiger partial charge in [-0.3, -0.25) is 4.79 Å². The second-order valence-electron chi connectivity index (χ2n) is 3.96. The summed E-state index contributed by atoms with van der Waals surface area (Å²) in [5.74, 6) is -1.52. The van der Waals surface area contributed by atoms with Crippen LogP contribution >= 0.6 is 0 Å². The molecule has 0 heterocycles. The number of halogens is 1. The quantitative estimate of drug-likeness (QED) is 0.331. The molecule has 0 aromatic heterocycles. The Morgan fingerprint density at radius 1 is 1.45 bits per heavy atom. The van der Waals surface area contributed by atoms with E-state index in [1.165, 1.54) is 24.3 Å². The number of isocyanates is 1. The predicted octanol–water partition coefficient (Wildman–Crippen LogP) is 2.06. The van der Waals surface area contributed by atoms with E-state index in [1.54, 1.807) is 6.92 Å². The average molecular weight is 279 g/mol. The second kappa shape index (κ2) is 7.96. The number of Topliss-reactive ketones (excluding diaryl/α,β-unsaturated/α-hetero) is 1. The van der Waals surface area contributed by atoms with Gasteiger partial charge in [-0.15, -0.1) is 0 Å². The summed E-state index contributed by atoms with van der Waals surface area (Å²) in [5.41, 5.74) is 0.211. The van der Waals surface area contributed by atoms with Crippen molar-refractivity contribution in [1.29, 1.82) is 0 Å². The smallest absolute Gasteiger partial charge is 0.331 e. The van der Waals surface area contributed by atoms with E-state index in [0.29, 0.717) is 0 Å². The first-order valence-corrected chi connectivity index (χ1v) is 6.10. The van der Waals surface area contributed by atoms with Crippen LogP contribution in [0.4, 0.5) is 4.39 Å². The van der Waals surface area contributed by atoms with Gasteiger partial charge >= 0.3 is 5.97 Å². The SMILES string of the molecule is CCOC(=O)C(CCC(=O)c1cccc(F)c1)N=C=O. The zero-order valence-corrected chi connectivity index (χ0v) is 11.0. The molecule has 0 saturated carbocycles. The van der Waals surface area contributed by atoms with Crippen LogP contribution in [-0.2, 0) is 14.3 Å². The predicted molar refractivity (Wildman–Crippen MR) is 68.5 cm³/mol. The number of carbonyl (C=O) groups excluding carboxylic acids is 3. The molecule has 0 fully saturated rings. The summed E-state index contributed by atoms with van der Waals surface area (Å²) in [6, 6.07) is 4.20. The van der Waals surface area contributed by atoms with Gasteiger partial charge in [0.2, 0.25) is 6.08 Å². The van der Waals surface area contributed by atoms with E-state index in [-0.39, 0.29) is 30.8 Å². The monoisotopic (exact) mass is 279 g/mol. The van der Waals surface area contributed by atoms with Gasteiger partial charge in [0, 0.05) is 12.0 Å². The van der Waals surface area contributed by atoms with Crippen LogP contribution in [0.15, 0.2) is 29.3 Å². The maximum atomic E-state index is 13.0. The zero-order chi connectivity index (χ0) is 15.0. The van der Waals surface area contributed by atoms with Crippen LogP contribution in [0, 0.1) is 5.82 Å². The van der Waals surface area contributed by atoms with Crippen LogP contribution in [0.5, 0.6) is 0 Å². The van der Waals surface area contributed by atoms with E-state index in [2.05, 4.69) is 4.99 Å². The van der Waals surface area contributed by atoms with Crippen molar-refractivity contribution in [3.63, 3.8) is 0 Å². The van der Waals surface area contributed by atoms with Crippen molar-refractivity contribution in [2.45, 2.75) is 25.8 Å². The summed E-state index contributed by atoms with van der Waals surface area (Å²) in [7, 11) is 0. The summed E-state index contributed by atoms with van der Waals surface area (Å²) >= 11 is 0. The molecule has 0 bridgehead atoms. The van der Waals surface area contributed by atoms with Crippen LogP contribution in [0.3, 0.4) is 0 Å². The highest BCUT2D eigenvalue weighted by Crippen LogP contribution is 2.11. The Morgan fingerprint density at radius 3 is 2.80 bits per heavy atom. The van der Waals surface area contributed by atoms with Gasteiger partial charge in [0.25, 0.3) is 0 Å². The summed E-state index contributed by atoms with van der Waals surface area (Å²) < 4.78 is 17.7. The second-order valence-corrected chi connectivity index (χ2v) is 3.96. The van der Waals surface area contributed by atoms with E-state index >= 15 is 0 Å². The molecule has 1 aromatic carbocycles. The van der Waals surface area contributed by atoms with Crippen molar-refractivity contribution < 1.29 is 23.5 Å².